The number of hydrogen-bond donors (Lipinski definition) is 2. The highest BCUT2D eigenvalue weighted by Crippen LogP contribution is 2.24. The molecule has 1 unspecified atom stereocenters. The first-order valence-corrected chi connectivity index (χ1v) is 8.04. The van der Waals surface area contributed by atoms with Gasteiger partial charge >= 0.3 is 0 Å². The Kier molecular flexibility index (Phi) is 4.27. The Morgan fingerprint density at radius 3 is 2.79 bits per heavy atom. The Hall–Kier alpha value is -1.33. The maximum atomic E-state index is 11.5. The molecule has 3 N–H and O–H groups in total. The van der Waals surface area contributed by atoms with E-state index in [-0.39, 0.29) is 4.90 Å². The average molecular weight is 280 g/mol. The van der Waals surface area contributed by atoms with Gasteiger partial charge in [0.15, 0.2) is 0 Å². The minimum absolute atomic E-state index is 0.195. The fourth-order valence-electron chi connectivity index (χ4n) is 2.41. The predicted molar refractivity (Wildman–Crippen MR) is 77.5 cm³/mol. The Morgan fingerprint density at radius 1 is 1.37 bits per heavy atom. The summed E-state index contributed by atoms with van der Waals surface area (Å²) in [5, 5.41) is 8.54. The molecule has 0 heterocycles. The largest absolute Gasteiger partial charge is 0.385 e. The summed E-state index contributed by atoms with van der Waals surface area (Å²) < 4.78 is 22.9. The van der Waals surface area contributed by atoms with Crippen LogP contribution in [0.25, 0.3) is 0 Å². The summed E-state index contributed by atoms with van der Waals surface area (Å²) >= 11 is 0. The van der Waals surface area contributed by atoms with Crippen LogP contribution < -0.4 is 10.5 Å². The molecule has 0 radical (unpaired) electrons. The van der Waals surface area contributed by atoms with E-state index >= 15 is 0 Å². The van der Waals surface area contributed by atoms with E-state index in [9.17, 15) is 8.42 Å². The number of allylic oxidation sites excluding steroid dienone is 2. The normalized spacial score (nSPS) is 19.4. The molecule has 19 heavy (non-hydrogen) atoms. The third-order valence-corrected chi connectivity index (χ3v) is 4.60. The van der Waals surface area contributed by atoms with Gasteiger partial charge in [0.1, 0.15) is 0 Å². The van der Waals surface area contributed by atoms with Gasteiger partial charge in [-0.25, -0.2) is 13.6 Å². The van der Waals surface area contributed by atoms with Crippen molar-refractivity contribution in [1.82, 2.24) is 0 Å². The van der Waals surface area contributed by atoms with E-state index in [2.05, 4.69) is 17.5 Å². The van der Waals surface area contributed by atoms with E-state index < -0.39 is 10.0 Å². The van der Waals surface area contributed by atoms with Crippen molar-refractivity contribution in [3.8, 4) is 0 Å². The average Bonchev–Trinajstić information content (AvgIpc) is 2.37. The van der Waals surface area contributed by atoms with Gasteiger partial charge in [0.2, 0.25) is 10.0 Å². The second-order valence-electron chi connectivity index (χ2n) is 5.01. The topological polar surface area (TPSA) is 72.2 Å². The van der Waals surface area contributed by atoms with Gasteiger partial charge in [-0.05, 0) is 49.8 Å². The SMILES string of the molecule is Cc1c(NCC2CC=CCC2)cccc1S(N)(=O)=O. The summed E-state index contributed by atoms with van der Waals surface area (Å²) in [4.78, 5) is 0.195. The molecule has 0 saturated carbocycles. The van der Waals surface area contributed by atoms with Gasteiger partial charge in [-0.1, -0.05) is 18.2 Å². The maximum Gasteiger partial charge on any atom is 0.238 e. The maximum absolute atomic E-state index is 11.5. The van der Waals surface area contributed by atoms with Crippen molar-refractivity contribution in [2.24, 2.45) is 11.1 Å². The van der Waals surface area contributed by atoms with Gasteiger partial charge in [-0.2, -0.15) is 0 Å². The lowest BCUT2D eigenvalue weighted by atomic mass is 9.94. The van der Waals surface area contributed by atoms with Gasteiger partial charge < -0.3 is 5.32 Å². The highest BCUT2D eigenvalue weighted by atomic mass is 32.2. The molecule has 0 fully saturated rings. The monoisotopic (exact) mass is 280 g/mol. The van der Waals surface area contributed by atoms with E-state index in [1.165, 1.54) is 6.42 Å². The number of anilines is 1. The molecule has 2 rings (SSSR count). The van der Waals surface area contributed by atoms with Gasteiger partial charge in [0, 0.05) is 12.2 Å². The van der Waals surface area contributed by atoms with E-state index in [1.54, 1.807) is 19.1 Å². The Labute approximate surface area is 114 Å². The summed E-state index contributed by atoms with van der Waals surface area (Å²) in [6.07, 6.45) is 7.81. The fourth-order valence-corrected chi connectivity index (χ4v) is 3.22. The van der Waals surface area contributed by atoms with Crippen LogP contribution in [0.4, 0.5) is 5.69 Å². The van der Waals surface area contributed by atoms with Crippen LogP contribution >= 0.6 is 0 Å². The molecule has 1 aromatic rings. The van der Waals surface area contributed by atoms with Crippen LogP contribution in [0.3, 0.4) is 0 Å². The fraction of sp³-hybridized carbons (Fsp3) is 0.429. The minimum atomic E-state index is -3.65. The number of nitrogens with one attached hydrogen (secondary N) is 1. The Morgan fingerprint density at radius 2 is 2.16 bits per heavy atom. The Bertz CT molecular complexity index is 579. The lowest BCUT2D eigenvalue weighted by Gasteiger charge is -2.20. The minimum Gasteiger partial charge on any atom is -0.385 e. The second kappa shape index (κ2) is 5.75. The molecule has 1 aliphatic carbocycles. The number of hydrogen-bond acceptors (Lipinski definition) is 3. The first-order valence-electron chi connectivity index (χ1n) is 6.50. The number of benzene rings is 1. The lowest BCUT2D eigenvalue weighted by Crippen LogP contribution is -2.18. The van der Waals surface area contributed by atoms with Crippen LogP contribution in [-0.2, 0) is 10.0 Å². The molecular formula is C14H20N2O2S. The molecule has 104 valence electrons. The molecule has 0 spiro atoms. The van der Waals surface area contributed by atoms with E-state index in [1.807, 2.05) is 6.07 Å². The van der Waals surface area contributed by atoms with Crippen LogP contribution in [0.2, 0.25) is 0 Å². The van der Waals surface area contributed by atoms with E-state index in [0.717, 1.165) is 25.1 Å². The summed E-state index contributed by atoms with van der Waals surface area (Å²) in [5.41, 5.74) is 1.54. The first-order chi connectivity index (χ1) is 8.98. The molecule has 1 aliphatic rings. The molecular weight excluding hydrogens is 260 g/mol. The summed E-state index contributed by atoms with van der Waals surface area (Å²) in [6.45, 7) is 2.64. The Balaban J connectivity index is 2.11. The molecule has 0 aromatic heterocycles. The van der Waals surface area contributed by atoms with E-state index in [4.69, 9.17) is 5.14 Å². The highest BCUT2D eigenvalue weighted by molar-refractivity contribution is 7.89. The molecule has 1 atom stereocenters. The number of primary sulfonamides is 1. The van der Waals surface area contributed by atoms with Crippen LogP contribution in [0, 0.1) is 12.8 Å². The van der Waals surface area contributed by atoms with Crippen LogP contribution in [-0.4, -0.2) is 15.0 Å². The number of sulfonamides is 1. The predicted octanol–water partition coefficient (Wildman–Crippen LogP) is 2.41. The quantitative estimate of drug-likeness (QED) is 0.832. The van der Waals surface area contributed by atoms with Gasteiger partial charge in [-0.3, -0.25) is 0 Å². The summed E-state index contributed by atoms with van der Waals surface area (Å²) in [6, 6.07) is 5.15. The molecule has 4 nitrogen and oxygen atoms in total. The third kappa shape index (κ3) is 3.58. The van der Waals surface area contributed by atoms with Crippen molar-refractivity contribution in [2.75, 3.05) is 11.9 Å². The number of rotatable bonds is 4. The third-order valence-electron chi connectivity index (χ3n) is 3.55. The first kappa shape index (κ1) is 14.1. The van der Waals surface area contributed by atoms with E-state index in [0.29, 0.717) is 11.5 Å². The van der Waals surface area contributed by atoms with Crippen molar-refractivity contribution in [3.63, 3.8) is 0 Å². The zero-order chi connectivity index (χ0) is 13.9. The smallest absolute Gasteiger partial charge is 0.238 e. The zero-order valence-corrected chi connectivity index (χ0v) is 11.9. The molecule has 0 saturated heterocycles. The van der Waals surface area contributed by atoms with Gasteiger partial charge in [0.05, 0.1) is 4.90 Å². The molecule has 0 aliphatic heterocycles. The molecule has 0 bridgehead atoms. The summed E-state index contributed by atoms with van der Waals surface area (Å²) in [5.74, 6) is 0.613. The molecule has 0 amide bonds. The van der Waals surface area contributed by atoms with Crippen molar-refractivity contribution in [1.29, 1.82) is 0 Å². The van der Waals surface area contributed by atoms with Crippen molar-refractivity contribution < 1.29 is 8.42 Å². The summed E-state index contributed by atoms with van der Waals surface area (Å²) in [7, 11) is -3.65. The second-order valence-corrected chi connectivity index (χ2v) is 6.53. The molecule has 1 aromatic carbocycles. The van der Waals surface area contributed by atoms with Crippen LogP contribution in [0.5, 0.6) is 0 Å². The zero-order valence-electron chi connectivity index (χ0n) is 11.1. The number of nitrogens with two attached hydrogens (primary N) is 1. The lowest BCUT2D eigenvalue weighted by molar-refractivity contribution is 0.504. The van der Waals surface area contributed by atoms with Crippen LogP contribution in [0.1, 0.15) is 24.8 Å². The highest BCUT2D eigenvalue weighted by Gasteiger charge is 2.15. The van der Waals surface area contributed by atoms with Crippen molar-refractivity contribution in [3.05, 3.63) is 35.9 Å². The van der Waals surface area contributed by atoms with Crippen molar-refractivity contribution in [2.45, 2.75) is 31.1 Å². The molecule has 5 heteroatoms. The van der Waals surface area contributed by atoms with Gasteiger partial charge in [-0.15, -0.1) is 0 Å². The van der Waals surface area contributed by atoms with Crippen LogP contribution in [0.15, 0.2) is 35.2 Å². The van der Waals surface area contributed by atoms with Gasteiger partial charge in [0.25, 0.3) is 0 Å². The standard InChI is InChI=1S/C14H20N2O2S/c1-11-13(8-5-9-14(11)19(15,17)18)16-10-12-6-3-2-4-7-12/h2-3,5,8-9,12,16H,4,6-7,10H2,1H3,(H2,15,17,18). The van der Waals surface area contributed by atoms with Crippen molar-refractivity contribution >= 4 is 15.7 Å².